The minimum atomic E-state index is 0.205. The van der Waals surface area contributed by atoms with E-state index in [0.717, 1.165) is 30.7 Å². The smallest absolute Gasteiger partial charge is 0.194 e. The minimum Gasteiger partial charge on any atom is -0.348 e. The third kappa shape index (κ3) is 2.57. The molecule has 0 aromatic carbocycles. The number of guanidine groups is 1. The molecule has 0 bridgehead atoms. The van der Waals surface area contributed by atoms with Crippen molar-refractivity contribution in [1.82, 2.24) is 15.2 Å². The van der Waals surface area contributed by atoms with Crippen molar-refractivity contribution < 1.29 is 0 Å². The van der Waals surface area contributed by atoms with Crippen LogP contribution in [-0.2, 0) is 0 Å². The SMILES string of the molecule is CC1CCC2CN=C(NC(C)c3ccccn3)N2C1. The maximum atomic E-state index is 4.68. The summed E-state index contributed by atoms with van der Waals surface area (Å²) >= 11 is 0. The first-order valence-electron chi connectivity index (χ1n) is 7.22. The van der Waals surface area contributed by atoms with E-state index in [0.29, 0.717) is 6.04 Å². The van der Waals surface area contributed by atoms with Gasteiger partial charge in [-0.15, -0.1) is 0 Å². The van der Waals surface area contributed by atoms with Gasteiger partial charge in [0, 0.05) is 12.7 Å². The highest BCUT2D eigenvalue weighted by Gasteiger charge is 2.33. The summed E-state index contributed by atoms with van der Waals surface area (Å²) in [4.78, 5) is 11.5. The average Bonchev–Trinajstić information content (AvgIpc) is 2.82. The van der Waals surface area contributed by atoms with Gasteiger partial charge >= 0.3 is 0 Å². The second-order valence-electron chi connectivity index (χ2n) is 5.77. The van der Waals surface area contributed by atoms with Crippen molar-refractivity contribution in [3.63, 3.8) is 0 Å². The molecule has 1 fully saturated rings. The Morgan fingerprint density at radius 3 is 3.05 bits per heavy atom. The lowest BCUT2D eigenvalue weighted by Crippen LogP contribution is -2.48. The van der Waals surface area contributed by atoms with Crippen LogP contribution in [-0.4, -0.2) is 35.0 Å². The Morgan fingerprint density at radius 1 is 1.37 bits per heavy atom. The van der Waals surface area contributed by atoms with Crippen molar-refractivity contribution in [3.05, 3.63) is 30.1 Å². The highest BCUT2D eigenvalue weighted by atomic mass is 15.4. The van der Waals surface area contributed by atoms with Crippen LogP contribution in [0.2, 0.25) is 0 Å². The molecule has 2 aliphatic rings. The van der Waals surface area contributed by atoms with Crippen molar-refractivity contribution in [3.8, 4) is 0 Å². The maximum Gasteiger partial charge on any atom is 0.194 e. The molecule has 3 heterocycles. The molecule has 4 heteroatoms. The van der Waals surface area contributed by atoms with Crippen LogP contribution in [0.5, 0.6) is 0 Å². The monoisotopic (exact) mass is 258 g/mol. The van der Waals surface area contributed by atoms with Gasteiger partial charge in [0.25, 0.3) is 0 Å². The number of fused-ring (bicyclic) bond motifs is 1. The molecule has 1 aromatic heterocycles. The second kappa shape index (κ2) is 5.19. The van der Waals surface area contributed by atoms with Gasteiger partial charge in [-0.1, -0.05) is 13.0 Å². The Hall–Kier alpha value is -1.58. The molecular weight excluding hydrogens is 236 g/mol. The third-order valence-corrected chi connectivity index (χ3v) is 4.14. The fraction of sp³-hybridized carbons (Fsp3) is 0.600. The molecule has 3 atom stereocenters. The van der Waals surface area contributed by atoms with Crippen molar-refractivity contribution in [1.29, 1.82) is 0 Å². The summed E-state index contributed by atoms with van der Waals surface area (Å²) in [5, 5.41) is 3.53. The molecular formula is C15H22N4. The van der Waals surface area contributed by atoms with Gasteiger partial charge in [0.15, 0.2) is 5.96 Å². The molecule has 0 amide bonds. The molecule has 102 valence electrons. The van der Waals surface area contributed by atoms with Gasteiger partial charge in [0.1, 0.15) is 0 Å². The van der Waals surface area contributed by atoms with Crippen LogP contribution in [0, 0.1) is 5.92 Å². The number of nitrogens with one attached hydrogen (secondary N) is 1. The molecule has 0 spiro atoms. The Bertz CT molecular complexity index is 456. The van der Waals surface area contributed by atoms with Crippen LogP contribution < -0.4 is 5.32 Å². The number of piperidine rings is 1. The summed E-state index contributed by atoms with van der Waals surface area (Å²) in [6.07, 6.45) is 4.45. The van der Waals surface area contributed by atoms with E-state index < -0.39 is 0 Å². The summed E-state index contributed by atoms with van der Waals surface area (Å²) in [6, 6.07) is 6.86. The Kier molecular flexibility index (Phi) is 3.40. The van der Waals surface area contributed by atoms with Gasteiger partial charge < -0.3 is 10.2 Å². The lowest BCUT2D eigenvalue weighted by molar-refractivity contribution is 0.210. The summed E-state index contributed by atoms with van der Waals surface area (Å²) in [7, 11) is 0. The van der Waals surface area contributed by atoms with E-state index in [4.69, 9.17) is 0 Å². The first-order chi connectivity index (χ1) is 9.24. The van der Waals surface area contributed by atoms with Crippen molar-refractivity contribution in [2.45, 2.75) is 38.8 Å². The van der Waals surface area contributed by atoms with Crippen LogP contribution >= 0.6 is 0 Å². The lowest BCUT2D eigenvalue weighted by atomic mass is 9.95. The Labute approximate surface area is 114 Å². The number of rotatable bonds is 2. The van der Waals surface area contributed by atoms with Gasteiger partial charge in [0.2, 0.25) is 0 Å². The van der Waals surface area contributed by atoms with Crippen LogP contribution in [0.1, 0.15) is 38.4 Å². The Morgan fingerprint density at radius 2 is 2.26 bits per heavy atom. The van der Waals surface area contributed by atoms with Crippen LogP contribution in [0.25, 0.3) is 0 Å². The predicted octanol–water partition coefficient (Wildman–Crippen LogP) is 2.20. The van der Waals surface area contributed by atoms with E-state index >= 15 is 0 Å². The fourth-order valence-corrected chi connectivity index (χ4v) is 2.97. The van der Waals surface area contributed by atoms with E-state index in [1.807, 2.05) is 18.3 Å². The molecule has 1 N–H and O–H groups in total. The van der Waals surface area contributed by atoms with Crippen LogP contribution in [0.4, 0.5) is 0 Å². The van der Waals surface area contributed by atoms with E-state index in [2.05, 4.69) is 40.1 Å². The topological polar surface area (TPSA) is 40.5 Å². The predicted molar refractivity (Wildman–Crippen MR) is 77.0 cm³/mol. The molecule has 1 aromatic rings. The van der Waals surface area contributed by atoms with Gasteiger partial charge in [-0.3, -0.25) is 9.98 Å². The molecule has 0 saturated carbocycles. The van der Waals surface area contributed by atoms with E-state index in [1.165, 1.54) is 12.8 Å². The quantitative estimate of drug-likeness (QED) is 0.884. The summed E-state index contributed by atoms with van der Waals surface area (Å²) in [6.45, 7) is 6.55. The minimum absolute atomic E-state index is 0.205. The molecule has 3 unspecified atom stereocenters. The average molecular weight is 258 g/mol. The zero-order chi connectivity index (χ0) is 13.2. The molecule has 3 rings (SSSR count). The number of pyridine rings is 1. The zero-order valence-corrected chi connectivity index (χ0v) is 11.7. The van der Waals surface area contributed by atoms with Gasteiger partial charge in [0.05, 0.1) is 24.3 Å². The fourth-order valence-electron chi connectivity index (χ4n) is 2.97. The standard InChI is InChI=1S/C15H22N4/c1-11-6-7-13-9-17-15(19(13)10-11)18-12(2)14-5-3-4-8-16-14/h3-5,8,11-13H,6-7,9-10H2,1-2H3,(H,17,18). The number of nitrogens with zero attached hydrogens (tertiary/aromatic N) is 3. The van der Waals surface area contributed by atoms with Gasteiger partial charge in [-0.2, -0.15) is 0 Å². The van der Waals surface area contributed by atoms with Crippen molar-refractivity contribution >= 4 is 5.96 Å². The summed E-state index contributed by atoms with van der Waals surface area (Å²) in [5.41, 5.74) is 1.07. The first kappa shape index (κ1) is 12.5. The second-order valence-corrected chi connectivity index (χ2v) is 5.77. The van der Waals surface area contributed by atoms with Gasteiger partial charge in [-0.05, 0) is 37.8 Å². The van der Waals surface area contributed by atoms with Crippen molar-refractivity contribution in [2.24, 2.45) is 10.9 Å². The normalized spacial score (nSPS) is 27.7. The third-order valence-electron chi connectivity index (χ3n) is 4.14. The highest BCUT2D eigenvalue weighted by molar-refractivity contribution is 5.82. The maximum absolute atomic E-state index is 4.68. The molecule has 2 aliphatic heterocycles. The van der Waals surface area contributed by atoms with Crippen LogP contribution in [0.15, 0.2) is 29.4 Å². The zero-order valence-electron chi connectivity index (χ0n) is 11.7. The first-order valence-corrected chi connectivity index (χ1v) is 7.22. The molecule has 1 saturated heterocycles. The number of hydrogen-bond donors (Lipinski definition) is 1. The summed E-state index contributed by atoms with van der Waals surface area (Å²) < 4.78 is 0. The number of aromatic nitrogens is 1. The molecule has 4 nitrogen and oxygen atoms in total. The van der Waals surface area contributed by atoms with E-state index in [1.54, 1.807) is 0 Å². The van der Waals surface area contributed by atoms with Crippen LogP contribution in [0.3, 0.4) is 0 Å². The molecule has 0 aliphatic carbocycles. The molecule has 19 heavy (non-hydrogen) atoms. The summed E-state index contributed by atoms with van der Waals surface area (Å²) in [5.74, 6) is 1.83. The molecule has 0 radical (unpaired) electrons. The van der Waals surface area contributed by atoms with Gasteiger partial charge in [-0.25, -0.2) is 0 Å². The van der Waals surface area contributed by atoms with E-state index in [9.17, 15) is 0 Å². The largest absolute Gasteiger partial charge is 0.348 e. The highest BCUT2D eigenvalue weighted by Crippen LogP contribution is 2.26. The van der Waals surface area contributed by atoms with Crippen molar-refractivity contribution in [2.75, 3.05) is 13.1 Å². The number of hydrogen-bond acceptors (Lipinski definition) is 4. The Balaban J connectivity index is 1.67. The van der Waals surface area contributed by atoms with E-state index in [-0.39, 0.29) is 6.04 Å². The lowest BCUT2D eigenvalue weighted by Gasteiger charge is -2.36. The number of aliphatic imine (C=N–C) groups is 1.